The van der Waals surface area contributed by atoms with Crippen molar-refractivity contribution in [3.8, 4) is 0 Å². The second-order valence-corrected chi connectivity index (χ2v) is 5.01. The molecular formula is C13H15FN2O3. The van der Waals surface area contributed by atoms with E-state index >= 15 is 0 Å². The number of carbonyl (C=O) groups excluding carboxylic acids is 1. The number of rotatable bonds is 1. The highest BCUT2D eigenvalue weighted by molar-refractivity contribution is 5.82. The van der Waals surface area contributed by atoms with Crippen molar-refractivity contribution in [3.63, 3.8) is 0 Å². The average molecular weight is 266 g/mol. The van der Waals surface area contributed by atoms with Crippen molar-refractivity contribution in [2.45, 2.75) is 37.9 Å². The Kier molecular flexibility index (Phi) is 3.00. The SMILES string of the molecule is O=C1NC(O)CCC1N1Cc2ccc(F)cc2C1O. The fraction of sp³-hybridized carbons (Fsp3) is 0.462. The second-order valence-electron chi connectivity index (χ2n) is 5.01. The van der Waals surface area contributed by atoms with Gasteiger partial charge < -0.3 is 15.5 Å². The van der Waals surface area contributed by atoms with Crippen molar-refractivity contribution in [3.05, 3.63) is 35.1 Å². The Morgan fingerprint density at radius 1 is 1.32 bits per heavy atom. The summed E-state index contributed by atoms with van der Waals surface area (Å²) >= 11 is 0. The predicted octanol–water partition coefficient (Wildman–Crippen LogP) is 0.229. The smallest absolute Gasteiger partial charge is 0.239 e. The summed E-state index contributed by atoms with van der Waals surface area (Å²) in [5.74, 6) is -0.700. The standard InChI is InChI=1S/C13H15FN2O3/c14-8-2-1-7-6-16(13(19)9(7)5-8)10-3-4-11(17)15-12(10)18/h1-2,5,10-11,13,17,19H,3-4,6H2,(H,15,18). The minimum Gasteiger partial charge on any atom is -0.374 e. The summed E-state index contributed by atoms with van der Waals surface area (Å²) in [4.78, 5) is 13.5. The van der Waals surface area contributed by atoms with E-state index in [9.17, 15) is 19.4 Å². The van der Waals surface area contributed by atoms with Crippen molar-refractivity contribution >= 4 is 5.91 Å². The van der Waals surface area contributed by atoms with Crippen LogP contribution in [-0.2, 0) is 11.3 Å². The minimum atomic E-state index is -0.975. The first kappa shape index (κ1) is 12.5. The fourth-order valence-corrected chi connectivity index (χ4v) is 2.79. The highest BCUT2D eigenvalue weighted by atomic mass is 19.1. The van der Waals surface area contributed by atoms with Crippen LogP contribution in [0.25, 0.3) is 0 Å². The molecule has 3 unspecified atom stereocenters. The van der Waals surface area contributed by atoms with Gasteiger partial charge in [0, 0.05) is 12.1 Å². The summed E-state index contributed by atoms with van der Waals surface area (Å²) in [6.45, 7) is 0.408. The van der Waals surface area contributed by atoms with Gasteiger partial charge in [0.05, 0.1) is 6.04 Å². The van der Waals surface area contributed by atoms with Crippen molar-refractivity contribution in [1.29, 1.82) is 0 Å². The van der Waals surface area contributed by atoms with Gasteiger partial charge in [-0.25, -0.2) is 4.39 Å². The Bertz CT molecular complexity index is 523. The highest BCUT2D eigenvalue weighted by Gasteiger charge is 2.39. The van der Waals surface area contributed by atoms with Gasteiger partial charge in [0.15, 0.2) is 0 Å². The highest BCUT2D eigenvalue weighted by Crippen LogP contribution is 2.35. The topological polar surface area (TPSA) is 72.8 Å². The Morgan fingerprint density at radius 3 is 2.84 bits per heavy atom. The zero-order valence-electron chi connectivity index (χ0n) is 10.2. The van der Waals surface area contributed by atoms with E-state index in [-0.39, 0.29) is 5.91 Å². The van der Waals surface area contributed by atoms with Gasteiger partial charge in [0.2, 0.25) is 5.91 Å². The molecule has 3 rings (SSSR count). The summed E-state index contributed by atoms with van der Waals surface area (Å²) in [5, 5.41) is 22.0. The number of piperidine rings is 1. The number of carbonyl (C=O) groups is 1. The van der Waals surface area contributed by atoms with Crippen LogP contribution in [0.1, 0.15) is 30.2 Å². The van der Waals surface area contributed by atoms with Crippen molar-refractivity contribution in [2.75, 3.05) is 0 Å². The fourth-order valence-electron chi connectivity index (χ4n) is 2.79. The van der Waals surface area contributed by atoms with Gasteiger partial charge in [-0.1, -0.05) is 6.07 Å². The average Bonchev–Trinajstić information content (AvgIpc) is 2.67. The second kappa shape index (κ2) is 4.56. The van der Waals surface area contributed by atoms with Gasteiger partial charge in [-0.15, -0.1) is 0 Å². The van der Waals surface area contributed by atoms with E-state index in [1.54, 1.807) is 11.0 Å². The molecule has 0 spiro atoms. The minimum absolute atomic E-state index is 0.300. The van der Waals surface area contributed by atoms with Crippen LogP contribution < -0.4 is 5.32 Å². The number of aliphatic hydroxyl groups excluding tert-OH is 2. The van der Waals surface area contributed by atoms with E-state index in [0.717, 1.165) is 5.56 Å². The Morgan fingerprint density at radius 2 is 2.11 bits per heavy atom. The van der Waals surface area contributed by atoms with Crippen LogP contribution in [-0.4, -0.2) is 33.3 Å². The lowest BCUT2D eigenvalue weighted by molar-refractivity contribution is -0.139. The first-order chi connectivity index (χ1) is 9.06. The molecule has 3 atom stereocenters. The van der Waals surface area contributed by atoms with Crippen LogP contribution in [0.3, 0.4) is 0 Å². The zero-order valence-corrected chi connectivity index (χ0v) is 10.2. The number of nitrogens with zero attached hydrogens (tertiary/aromatic N) is 1. The molecule has 1 aromatic carbocycles. The number of amides is 1. The molecule has 1 aromatic rings. The molecule has 3 N–H and O–H groups in total. The summed E-state index contributed by atoms with van der Waals surface area (Å²) in [6.07, 6.45) is -0.870. The van der Waals surface area contributed by atoms with Gasteiger partial charge in [-0.3, -0.25) is 9.69 Å². The van der Waals surface area contributed by atoms with Crippen LogP contribution in [0.4, 0.5) is 4.39 Å². The third-order valence-corrected chi connectivity index (χ3v) is 3.78. The molecule has 2 aliphatic heterocycles. The van der Waals surface area contributed by atoms with Crippen LogP contribution in [0, 0.1) is 5.82 Å². The molecule has 0 aliphatic carbocycles. The molecule has 19 heavy (non-hydrogen) atoms. The summed E-state index contributed by atoms with van der Waals surface area (Å²) < 4.78 is 13.2. The van der Waals surface area contributed by atoms with Crippen molar-refractivity contribution < 1.29 is 19.4 Å². The monoisotopic (exact) mass is 266 g/mol. The normalized spacial score (nSPS) is 31.1. The molecule has 1 saturated heterocycles. The van der Waals surface area contributed by atoms with Gasteiger partial charge in [0.25, 0.3) is 0 Å². The summed E-state index contributed by atoms with van der Waals surface area (Å²) in [6, 6.07) is 3.78. The first-order valence-corrected chi connectivity index (χ1v) is 6.27. The van der Waals surface area contributed by atoms with Crippen molar-refractivity contribution in [2.24, 2.45) is 0 Å². The molecule has 0 radical (unpaired) electrons. The maximum absolute atomic E-state index is 13.2. The summed E-state index contributed by atoms with van der Waals surface area (Å²) in [5.41, 5.74) is 1.34. The number of benzene rings is 1. The maximum Gasteiger partial charge on any atom is 0.239 e. The molecule has 5 nitrogen and oxygen atoms in total. The lowest BCUT2D eigenvalue weighted by Crippen LogP contribution is -2.53. The number of fused-ring (bicyclic) bond motifs is 1. The first-order valence-electron chi connectivity index (χ1n) is 6.27. The molecule has 0 saturated carbocycles. The summed E-state index contributed by atoms with van der Waals surface area (Å²) in [7, 11) is 0. The molecule has 2 aliphatic rings. The number of hydrogen-bond donors (Lipinski definition) is 3. The number of halogens is 1. The van der Waals surface area contributed by atoms with E-state index in [1.807, 2.05) is 0 Å². The van der Waals surface area contributed by atoms with E-state index in [2.05, 4.69) is 5.32 Å². The van der Waals surface area contributed by atoms with Gasteiger partial charge in [-0.05, 0) is 30.5 Å². The lowest BCUT2D eigenvalue weighted by Gasteiger charge is -2.34. The zero-order chi connectivity index (χ0) is 13.6. The van der Waals surface area contributed by atoms with Crippen LogP contribution in [0.2, 0.25) is 0 Å². The molecule has 0 bridgehead atoms. The third kappa shape index (κ3) is 2.11. The number of hydrogen-bond acceptors (Lipinski definition) is 4. The maximum atomic E-state index is 13.2. The number of aliphatic hydroxyl groups is 2. The molecule has 0 aromatic heterocycles. The predicted molar refractivity (Wildman–Crippen MR) is 64.1 cm³/mol. The van der Waals surface area contributed by atoms with Gasteiger partial charge in [-0.2, -0.15) is 0 Å². The lowest BCUT2D eigenvalue weighted by atomic mass is 10.0. The van der Waals surface area contributed by atoms with E-state index < -0.39 is 24.3 Å². The van der Waals surface area contributed by atoms with Crippen LogP contribution in [0.15, 0.2) is 18.2 Å². The van der Waals surface area contributed by atoms with Gasteiger partial charge >= 0.3 is 0 Å². The molecule has 6 heteroatoms. The van der Waals surface area contributed by atoms with E-state index in [1.165, 1.54) is 12.1 Å². The Hall–Kier alpha value is -1.50. The molecular weight excluding hydrogens is 251 g/mol. The molecule has 1 fully saturated rings. The van der Waals surface area contributed by atoms with E-state index in [0.29, 0.717) is 24.9 Å². The largest absolute Gasteiger partial charge is 0.374 e. The Balaban J connectivity index is 1.83. The quantitative estimate of drug-likeness (QED) is 0.680. The van der Waals surface area contributed by atoms with Gasteiger partial charge in [0.1, 0.15) is 18.3 Å². The molecule has 102 valence electrons. The van der Waals surface area contributed by atoms with Crippen LogP contribution in [0.5, 0.6) is 0 Å². The third-order valence-electron chi connectivity index (χ3n) is 3.78. The van der Waals surface area contributed by atoms with Crippen LogP contribution >= 0.6 is 0 Å². The molecule has 1 amide bonds. The molecule has 2 heterocycles. The number of nitrogens with one attached hydrogen (secondary N) is 1. The van der Waals surface area contributed by atoms with E-state index in [4.69, 9.17) is 0 Å². The van der Waals surface area contributed by atoms with Crippen molar-refractivity contribution in [1.82, 2.24) is 10.2 Å². The Labute approximate surface area is 109 Å².